The molecule has 1 aromatic carbocycles. The Morgan fingerprint density at radius 1 is 1.46 bits per heavy atom. The fourth-order valence-electron chi connectivity index (χ4n) is 1.01. The summed E-state index contributed by atoms with van der Waals surface area (Å²) in [5, 5.41) is 0.563. The zero-order valence-corrected chi connectivity index (χ0v) is 8.47. The number of hydrogen-bond donors (Lipinski definition) is 0. The maximum absolute atomic E-state index is 10.4. The Balaban J connectivity index is 2.82. The summed E-state index contributed by atoms with van der Waals surface area (Å²) in [6.45, 7) is 1.71. The van der Waals surface area contributed by atoms with Crippen LogP contribution in [0.5, 0.6) is 0 Å². The predicted octanol–water partition coefficient (Wildman–Crippen LogP) is 3.78. The van der Waals surface area contributed by atoms with E-state index in [1.54, 1.807) is 25.1 Å². The number of carbonyl (C=O) groups excluding carboxylic acids is 1. The Hall–Kier alpha value is -0.730. The van der Waals surface area contributed by atoms with Crippen LogP contribution in [0.3, 0.4) is 0 Å². The fourth-order valence-corrected chi connectivity index (χ4v) is 1.43. The summed E-state index contributed by atoms with van der Waals surface area (Å²) >= 11 is 10.9. The molecule has 0 aliphatic rings. The first-order valence-electron chi connectivity index (χ1n) is 3.72. The molecule has 13 heavy (non-hydrogen) atoms. The van der Waals surface area contributed by atoms with E-state index < -0.39 is 11.5 Å². The van der Waals surface area contributed by atoms with Crippen LogP contribution < -0.4 is 0 Å². The first-order chi connectivity index (χ1) is 6.11. The van der Waals surface area contributed by atoms with Gasteiger partial charge in [-0.3, -0.25) is 0 Å². The molecule has 0 N–H and O–H groups in total. The summed E-state index contributed by atoms with van der Waals surface area (Å²) in [5.74, 6) is 0. The Labute approximate surface area is 86.4 Å². The molecule has 0 amide bonds. The number of ether oxygens (including phenoxy) is 1. The van der Waals surface area contributed by atoms with Crippen LogP contribution in [0.25, 0.3) is 0 Å². The molecule has 0 heterocycles. The average molecular weight is 219 g/mol. The molecule has 0 saturated heterocycles. The van der Waals surface area contributed by atoms with Crippen molar-refractivity contribution in [3.8, 4) is 0 Å². The second-order valence-corrected chi connectivity index (χ2v) is 3.24. The third-order valence-electron chi connectivity index (χ3n) is 1.61. The average Bonchev–Trinajstić information content (AvgIpc) is 2.03. The van der Waals surface area contributed by atoms with Crippen LogP contribution in [-0.4, -0.2) is 5.43 Å². The Morgan fingerprint density at radius 3 is 2.62 bits per heavy atom. The van der Waals surface area contributed by atoms with Crippen molar-refractivity contribution in [2.75, 3.05) is 0 Å². The molecular formula is C9H8Cl2O2. The molecular weight excluding hydrogens is 211 g/mol. The lowest BCUT2D eigenvalue weighted by atomic mass is 10.1. The maximum Gasteiger partial charge on any atom is 0.404 e. The predicted molar refractivity (Wildman–Crippen MR) is 52.2 cm³/mol. The van der Waals surface area contributed by atoms with E-state index in [-0.39, 0.29) is 0 Å². The summed E-state index contributed by atoms with van der Waals surface area (Å²) in [6, 6.07) is 7.14. The summed E-state index contributed by atoms with van der Waals surface area (Å²) in [4.78, 5) is 10.4. The van der Waals surface area contributed by atoms with E-state index in [4.69, 9.17) is 27.9 Å². The van der Waals surface area contributed by atoms with Gasteiger partial charge in [0.05, 0.1) is 0 Å². The van der Waals surface area contributed by atoms with Gasteiger partial charge in [0, 0.05) is 22.2 Å². The topological polar surface area (TPSA) is 26.3 Å². The van der Waals surface area contributed by atoms with Gasteiger partial charge >= 0.3 is 5.43 Å². The minimum Gasteiger partial charge on any atom is -0.446 e. The third kappa shape index (κ3) is 2.90. The van der Waals surface area contributed by atoms with E-state index in [1.807, 2.05) is 6.07 Å². The van der Waals surface area contributed by atoms with Crippen molar-refractivity contribution in [2.45, 2.75) is 13.0 Å². The molecule has 0 unspecified atom stereocenters. The Bertz CT molecular complexity index is 312. The summed E-state index contributed by atoms with van der Waals surface area (Å²) in [5.41, 5.74) is -0.0782. The molecule has 0 saturated carbocycles. The summed E-state index contributed by atoms with van der Waals surface area (Å²) < 4.78 is 4.76. The van der Waals surface area contributed by atoms with Crippen molar-refractivity contribution in [1.82, 2.24) is 0 Å². The zero-order valence-electron chi connectivity index (χ0n) is 6.96. The van der Waals surface area contributed by atoms with Gasteiger partial charge in [-0.05, 0) is 13.0 Å². The monoisotopic (exact) mass is 218 g/mol. The highest BCUT2D eigenvalue weighted by molar-refractivity contribution is 6.61. The van der Waals surface area contributed by atoms with Crippen molar-refractivity contribution < 1.29 is 9.53 Å². The zero-order chi connectivity index (χ0) is 9.84. The molecule has 4 heteroatoms. The second-order valence-electron chi connectivity index (χ2n) is 2.52. The van der Waals surface area contributed by atoms with Gasteiger partial charge in [0.15, 0.2) is 0 Å². The van der Waals surface area contributed by atoms with Gasteiger partial charge < -0.3 is 4.74 Å². The molecule has 1 rings (SSSR count). The van der Waals surface area contributed by atoms with Crippen LogP contribution in [0.2, 0.25) is 5.02 Å². The van der Waals surface area contributed by atoms with E-state index in [0.29, 0.717) is 5.02 Å². The Kier molecular flexibility index (Phi) is 3.58. The van der Waals surface area contributed by atoms with Crippen LogP contribution in [0.15, 0.2) is 24.3 Å². The van der Waals surface area contributed by atoms with E-state index in [2.05, 4.69) is 0 Å². The van der Waals surface area contributed by atoms with Gasteiger partial charge in [-0.2, -0.15) is 0 Å². The number of benzene rings is 1. The molecule has 0 spiro atoms. The van der Waals surface area contributed by atoms with E-state index in [0.717, 1.165) is 5.56 Å². The highest BCUT2D eigenvalue weighted by Crippen LogP contribution is 2.25. The van der Waals surface area contributed by atoms with Gasteiger partial charge in [-0.15, -0.1) is 0 Å². The summed E-state index contributed by atoms with van der Waals surface area (Å²) in [6.07, 6.45) is -0.418. The molecule has 0 radical (unpaired) electrons. The largest absolute Gasteiger partial charge is 0.446 e. The van der Waals surface area contributed by atoms with Crippen LogP contribution >= 0.6 is 23.2 Å². The van der Waals surface area contributed by atoms with Gasteiger partial charge in [0.2, 0.25) is 0 Å². The molecule has 1 atom stereocenters. The molecule has 1 aromatic rings. The van der Waals surface area contributed by atoms with E-state index in [9.17, 15) is 4.79 Å². The van der Waals surface area contributed by atoms with Crippen molar-refractivity contribution in [3.63, 3.8) is 0 Å². The molecule has 0 aromatic heterocycles. The van der Waals surface area contributed by atoms with Crippen LogP contribution in [-0.2, 0) is 4.74 Å². The van der Waals surface area contributed by atoms with Crippen molar-refractivity contribution in [3.05, 3.63) is 34.9 Å². The lowest BCUT2D eigenvalue weighted by molar-refractivity contribution is 0.132. The molecule has 0 aliphatic heterocycles. The SMILES string of the molecule is C[C@@H](OC(=O)Cl)c1ccccc1Cl. The first-order valence-corrected chi connectivity index (χ1v) is 4.47. The number of carbonyl (C=O) groups is 1. The van der Waals surface area contributed by atoms with Crippen LogP contribution in [0.4, 0.5) is 4.79 Å². The van der Waals surface area contributed by atoms with Crippen molar-refractivity contribution in [2.24, 2.45) is 0 Å². The molecule has 0 aliphatic carbocycles. The second kappa shape index (κ2) is 4.49. The number of halogens is 2. The van der Waals surface area contributed by atoms with E-state index >= 15 is 0 Å². The molecule has 0 fully saturated rings. The number of rotatable bonds is 2. The molecule has 70 valence electrons. The van der Waals surface area contributed by atoms with Crippen molar-refractivity contribution in [1.29, 1.82) is 0 Å². The smallest absolute Gasteiger partial charge is 0.404 e. The maximum atomic E-state index is 10.4. The van der Waals surface area contributed by atoms with E-state index in [1.165, 1.54) is 0 Å². The standard InChI is InChI=1S/C9H8Cl2O2/c1-6(13-9(11)12)7-4-2-3-5-8(7)10/h2-6H,1H3/t6-/m1/s1. The highest BCUT2D eigenvalue weighted by atomic mass is 35.5. The van der Waals surface area contributed by atoms with Gasteiger partial charge in [0.1, 0.15) is 6.10 Å². The lowest BCUT2D eigenvalue weighted by Gasteiger charge is -2.12. The molecule has 0 bridgehead atoms. The minimum atomic E-state index is -0.826. The van der Waals surface area contributed by atoms with Crippen molar-refractivity contribution >= 4 is 28.6 Å². The minimum absolute atomic E-state index is 0.418. The number of hydrogen-bond acceptors (Lipinski definition) is 2. The van der Waals surface area contributed by atoms with Crippen LogP contribution in [0, 0.1) is 0 Å². The fraction of sp³-hybridized carbons (Fsp3) is 0.222. The first kappa shape index (κ1) is 10.4. The lowest BCUT2D eigenvalue weighted by Crippen LogP contribution is -2.02. The quantitative estimate of drug-likeness (QED) is 0.707. The highest BCUT2D eigenvalue weighted by Gasteiger charge is 2.11. The Morgan fingerprint density at radius 2 is 2.08 bits per heavy atom. The van der Waals surface area contributed by atoms with Gasteiger partial charge in [0.25, 0.3) is 0 Å². The third-order valence-corrected chi connectivity index (χ3v) is 2.05. The van der Waals surface area contributed by atoms with Gasteiger partial charge in [-0.1, -0.05) is 29.8 Å². The van der Waals surface area contributed by atoms with Gasteiger partial charge in [-0.25, -0.2) is 4.79 Å². The van der Waals surface area contributed by atoms with Crippen LogP contribution in [0.1, 0.15) is 18.6 Å². The summed E-state index contributed by atoms with van der Waals surface area (Å²) in [7, 11) is 0. The molecule has 2 nitrogen and oxygen atoms in total. The normalized spacial score (nSPS) is 12.2.